The van der Waals surface area contributed by atoms with Crippen molar-refractivity contribution in [2.45, 2.75) is 201 Å². The summed E-state index contributed by atoms with van der Waals surface area (Å²) in [6.45, 7) is 11.4. The number of ether oxygens (including phenoxy) is 2. The molecule has 6 nitrogen and oxygen atoms in total. The van der Waals surface area contributed by atoms with Gasteiger partial charge in [0.15, 0.2) is 0 Å². The van der Waals surface area contributed by atoms with E-state index in [9.17, 15) is 9.59 Å². The SMILES string of the molecule is CCCCCCCC/C=C\CCCCCCCC(=O)OCCN(CCNCC)CCOC(=O)CCCCCCC/C=C\CCCCCCCC. The zero-order chi connectivity index (χ0) is 36.4. The number of nitrogens with one attached hydrogen (secondary N) is 1. The number of hydrogen-bond acceptors (Lipinski definition) is 6. The van der Waals surface area contributed by atoms with Gasteiger partial charge in [-0.3, -0.25) is 14.5 Å². The number of allylic oxidation sites excluding steroid dienone is 4. The lowest BCUT2D eigenvalue weighted by atomic mass is 10.1. The van der Waals surface area contributed by atoms with Crippen LogP contribution in [-0.4, -0.2) is 62.8 Å². The average molecular weight is 705 g/mol. The van der Waals surface area contributed by atoms with Crippen molar-refractivity contribution in [3.8, 4) is 0 Å². The molecule has 0 heterocycles. The summed E-state index contributed by atoms with van der Waals surface area (Å²) in [7, 11) is 0. The third kappa shape index (κ3) is 39.1. The molecule has 0 fully saturated rings. The van der Waals surface area contributed by atoms with Crippen molar-refractivity contribution in [3.05, 3.63) is 24.3 Å². The molecule has 50 heavy (non-hydrogen) atoms. The Morgan fingerprint density at radius 3 is 1.16 bits per heavy atom. The molecule has 0 aliphatic carbocycles. The maximum Gasteiger partial charge on any atom is 0.305 e. The molecule has 0 atom stereocenters. The van der Waals surface area contributed by atoms with Gasteiger partial charge in [-0.2, -0.15) is 0 Å². The van der Waals surface area contributed by atoms with Crippen molar-refractivity contribution >= 4 is 11.9 Å². The smallest absolute Gasteiger partial charge is 0.305 e. The lowest BCUT2D eigenvalue weighted by molar-refractivity contribution is -0.144. The molecule has 0 unspecified atom stereocenters. The summed E-state index contributed by atoms with van der Waals surface area (Å²) in [5.74, 6) is -0.193. The van der Waals surface area contributed by atoms with E-state index < -0.39 is 0 Å². The van der Waals surface area contributed by atoms with E-state index in [1.807, 2.05) is 0 Å². The molecular formula is C44H84N2O4. The Balaban J connectivity index is 3.79. The van der Waals surface area contributed by atoms with Crippen LogP contribution in [0.25, 0.3) is 0 Å². The summed E-state index contributed by atoms with van der Waals surface area (Å²) >= 11 is 0. The van der Waals surface area contributed by atoms with Gasteiger partial charge in [-0.15, -0.1) is 0 Å². The lowest BCUT2D eigenvalue weighted by Gasteiger charge is -2.22. The molecule has 0 aliphatic rings. The van der Waals surface area contributed by atoms with E-state index in [2.05, 4.69) is 55.3 Å². The monoisotopic (exact) mass is 705 g/mol. The summed E-state index contributed by atoms with van der Waals surface area (Å²) in [5.41, 5.74) is 0. The van der Waals surface area contributed by atoms with Crippen molar-refractivity contribution in [2.24, 2.45) is 0 Å². The highest BCUT2D eigenvalue weighted by Crippen LogP contribution is 2.12. The molecule has 294 valence electrons. The molecule has 0 bridgehead atoms. The fourth-order valence-electron chi connectivity index (χ4n) is 6.15. The molecule has 0 aromatic rings. The second kappa shape index (κ2) is 41.8. The number of nitrogens with zero attached hydrogens (tertiary/aromatic N) is 1. The highest BCUT2D eigenvalue weighted by Gasteiger charge is 2.10. The standard InChI is InChI=1S/C44H84N2O4/c1-4-7-9-11-13-15-17-19-21-23-25-27-29-31-33-35-43(47)49-41-39-46(38-37-45-6-3)40-42-50-44(48)36-34-32-30-28-26-24-22-20-18-16-14-12-10-8-5-2/h19-22,45H,4-18,23-42H2,1-3H3/b21-19-,22-20-. The van der Waals surface area contributed by atoms with Crippen molar-refractivity contribution < 1.29 is 19.1 Å². The maximum absolute atomic E-state index is 12.3. The average Bonchev–Trinajstić information content (AvgIpc) is 3.11. The lowest BCUT2D eigenvalue weighted by Crippen LogP contribution is -2.37. The summed E-state index contributed by atoms with van der Waals surface area (Å²) < 4.78 is 11.1. The largest absolute Gasteiger partial charge is 0.464 e. The number of carbonyl (C=O) groups excluding carboxylic acids is 2. The Morgan fingerprint density at radius 2 is 0.800 bits per heavy atom. The minimum atomic E-state index is -0.0966. The van der Waals surface area contributed by atoms with E-state index in [1.165, 1.54) is 141 Å². The van der Waals surface area contributed by atoms with Crippen LogP contribution in [-0.2, 0) is 19.1 Å². The molecule has 0 saturated carbocycles. The molecule has 0 rings (SSSR count). The van der Waals surface area contributed by atoms with Crippen molar-refractivity contribution in [2.75, 3.05) is 45.9 Å². The van der Waals surface area contributed by atoms with Crippen molar-refractivity contribution in [1.29, 1.82) is 0 Å². The molecule has 6 heteroatoms. The Morgan fingerprint density at radius 1 is 0.460 bits per heavy atom. The molecule has 0 spiro atoms. The minimum absolute atomic E-state index is 0.0966. The molecule has 0 aliphatic heterocycles. The van der Waals surface area contributed by atoms with Crippen LogP contribution in [0.2, 0.25) is 0 Å². The van der Waals surface area contributed by atoms with Crippen LogP contribution >= 0.6 is 0 Å². The molecule has 0 aromatic carbocycles. The maximum atomic E-state index is 12.3. The Bertz CT molecular complexity index is 711. The van der Waals surface area contributed by atoms with Crippen LogP contribution in [0.3, 0.4) is 0 Å². The first kappa shape index (κ1) is 48.3. The van der Waals surface area contributed by atoms with Gasteiger partial charge in [0.1, 0.15) is 13.2 Å². The number of hydrogen-bond donors (Lipinski definition) is 1. The van der Waals surface area contributed by atoms with Gasteiger partial charge in [0.25, 0.3) is 0 Å². The van der Waals surface area contributed by atoms with Gasteiger partial charge in [0.05, 0.1) is 0 Å². The molecule has 0 radical (unpaired) electrons. The van der Waals surface area contributed by atoms with E-state index >= 15 is 0 Å². The van der Waals surface area contributed by atoms with Crippen molar-refractivity contribution in [3.63, 3.8) is 0 Å². The zero-order valence-electron chi connectivity index (χ0n) is 33.6. The number of carbonyl (C=O) groups is 2. The highest BCUT2D eigenvalue weighted by molar-refractivity contribution is 5.69. The Hall–Kier alpha value is -1.66. The fraction of sp³-hybridized carbons (Fsp3) is 0.864. The topological polar surface area (TPSA) is 67.9 Å². The summed E-state index contributed by atoms with van der Waals surface area (Å²) in [6.07, 6.45) is 43.0. The van der Waals surface area contributed by atoms with E-state index in [0.717, 1.165) is 45.3 Å². The number of rotatable bonds is 40. The first-order chi connectivity index (χ1) is 24.6. The van der Waals surface area contributed by atoms with Crippen LogP contribution in [0.5, 0.6) is 0 Å². The van der Waals surface area contributed by atoms with E-state index in [4.69, 9.17) is 9.47 Å². The van der Waals surface area contributed by atoms with Gasteiger partial charge in [-0.1, -0.05) is 148 Å². The third-order valence-electron chi connectivity index (χ3n) is 9.48. The Kier molecular flexibility index (Phi) is 40.4. The number of unbranched alkanes of at least 4 members (excludes halogenated alkanes) is 22. The minimum Gasteiger partial charge on any atom is -0.464 e. The van der Waals surface area contributed by atoms with E-state index in [0.29, 0.717) is 39.1 Å². The van der Waals surface area contributed by atoms with E-state index in [1.54, 1.807) is 0 Å². The molecule has 1 N–H and O–H groups in total. The van der Waals surface area contributed by atoms with Crippen molar-refractivity contribution in [1.82, 2.24) is 10.2 Å². The second-order valence-corrected chi connectivity index (χ2v) is 14.3. The van der Waals surface area contributed by atoms with Gasteiger partial charge < -0.3 is 14.8 Å². The number of esters is 2. The predicted octanol–water partition coefficient (Wildman–Crippen LogP) is 12.1. The second-order valence-electron chi connectivity index (χ2n) is 14.3. The third-order valence-corrected chi connectivity index (χ3v) is 9.48. The van der Waals surface area contributed by atoms with E-state index in [-0.39, 0.29) is 11.9 Å². The fourth-order valence-corrected chi connectivity index (χ4v) is 6.15. The summed E-state index contributed by atoms with van der Waals surface area (Å²) in [6, 6.07) is 0. The van der Waals surface area contributed by atoms with Crippen LogP contribution in [0, 0.1) is 0 Å². The highest BCUT2D eigenvalue weighted by atomic mass is 16.5. The van der Waals surface area contributed by atoms with Crippen LogP contribution in [0.1, 0.15) is 201 Å². The van der Waals surface area contributed by atoms with Gasteiger partial charge in [-0.05, 0) is 70.8 Å². The quantitative estimate of drug-likeness (QED) is 0.0389. The first-order valence-electron chi connectivity index (χ1n) is 21.7. The zero-order valence-corrected chi connectivity index (χ0v) is 33.6. The molecule has 0 aromatic heterocycles. The van der Waals surface area contributed by atoms with Crippen LogP contribution < -0.4 is 5.32 Å². The van der Waals surface area contributed by atoms with Crippen LogP contribution in [0.15, 0.2) is 24.3 Å². The first-order valence-corrected chi connectivity index (χ1v) is 21.7. The summed E-state index contributed by atoms with van der Waals surface area (Å²) in [4.78, 5) is 26.8. The Labute approximate surface area is 311 Å². The predicted molar refractivity (Wildman–Crippen MR) is 216 cm³/mol. The number of likely N-dealkylation sites (N-methyl/N-ethyl adjacent to an activating group) is 1. The normalized spacial score (nSPS) is 11.8. The summed E-state index contributed by atoms with van der Waals surface area (Å²) in [5, 5.41) is 3.36. The van der Waals surface area contributed by atoms with Gasteiger partial charge in [0.2, 0.25) is 0 Å². The molecule has 0 saturated heterocycles. The molecule has 0 amide bonds. The van der Waals surface area contributed by atoms with Gasteiger partial charge in [-0.25, -0.2) is 0 Å². The molecular weight excluding hydrogens is 620 g/mol. The van der Waals surface area contributed by atoms with Gasteiger partial charge in [0, 0.05) is 39.0 Å². The van der Waals surface area contributed by atoms with Crippen LogP contribution in [0.4, 0.5) is 0 Å². The van der Waals surface area contributed by atoms with Gasteiger partial charge >= 0.3 is 11.9 Å².